The number of aliphatic hydroxyl groups excluding tert-OH is 2. The van der Waals surface area contributed by atoms with Gasteiger partial charge in [0.2, 0.25) is 0 Å². The second-order valence-electron chi connectivity index (χ2n) is 10.3. The molecule has 0 aromatic heterocycles. The topological polar surface area (TPSA) is 53.0 Å². The maximum Gasteiger partial charge on any atom is 0.0948 e. The van der Waals surface area contributed by atoms with Crippen LogP contribution in [0.5, 0.6) is 0 Å². The van der Waals surface area contributed by atoms with Crippen molar-refractivity contribution in [2.45, 2.75) is 83.5 Å². The molecule has 1 aliphatic heterocycles. The van der Waals surface area contributed by atoms with Gasteiger partial charge in [0.05, 0.1) is 24.4 Å². The van der Waals surface area contributed by atoms with Crippen molar-refractivity contribution in [2.24, 2.45) is 34.0 Å². The fraction of sp³-hybridized carbons (Fsp3) is 1.00. The Morgan fingerprint density at radius 1 is 1.04 bits per heavy atom. The molecule has 3 nitrogen and oxygen atoms in total. The molecule has 2 bridgehead atoms. The Balaban J connectivity index is 1.59. The van der Waals surface area contributed by atoms with E-state index in [4.69, 9.17) is 4.74 Å². The van der Waals surface area contributed by atoms with Crippen LogP contribution in [-0.2, 0) is 4.74 Å². The molecule has 1 saturated heterocycles. The average molecular weight is 320 g/mol. The number of fused-ring (bicyclic) bond motifs is 4. The minimum atomic E-state index is -0.346. The lowest BCUT2D eigenvalue weighted by molar-refractivity contribution is -0.207. The zero-order valence-corrected chi connectivity index (χ0v) is 14.8. The number of rotatable bonds is 1. The molecule has 2 N–H and O–H groups in total. The van der Waals surface area contributed by atoms with Crippen LogP contribution in [0, 0.1) is 34.0 Å². The highest BCUT2D eigenvalue weighted by Gasteiger charge is 2.76. The van der Waals surface area contributed by atoms with E-state index in [9.17, 15) is 10.2 Å². The van der Waals surface area contributed by atoms with Crippen LogP contribution < -0.4 is 0 Å². The molecule has 0 radical (unpaired) electrons. The second-order valence-corrected chi connectivity index (χ2v) is 10.3. The Bertz CT molecular complexity index is 545. The number of ether oxygens (including phenoxy) is 1. The summed E-state index contributed by atoms with van der Waals surface area (Å²) in [5, 5.41) is 20.8. The third kappa shape index (κ3) is 1.50. The summed E-state index contributed by atoms with van der Waals surface area (Å²) < 4.78 is 6.17. The first-order valence-corrected chi connectivity index (χ1v) is 9.77. The lowest BCUT2D eigenvalue weighted by atomic mass is 9.39. The van der Waals surface area contributed by atoms with E-state index in [0.717, 1.165) is 24.7 Å². The Morgan fingerprint density at radius 3 is 2.57 bits per heavy atom. The Morgan fingerprint density at radius 2 is 1.83 bits per heavy atom. The molecule has 5 fully saturated rings. The summed E-state index contributed by atoms with van der Waals surface area (Å²) in [5.41, 5.74) is 0.519. The van der Waals surface area contributed by atoms with Crippen LogP contribution in [0.2, 0.25) is 0 Å². The summed E-state index contributed by atoms with van der Waals surface area (Å²) in [7, 11) is 0. The molecule has 1 heterocycles. The van der Waals surface area contributed by atoms with Gasteiger partial charge in [0.15, 0.2) is 0 Å². The highest BCUT2D eigenvalue weighted by molar-refractivity contribution is 5.24. The predicted octanol–water partition coefficient (Wildman–Crippen LogP) is 3.13. The molecular weight excluding hydrogens is 288 g/mol. The van der Waals surface area contributed by atoms with E-state index in [1.54, 1.807) is 0 Å². The molecule has 9 atom stereocenters. The Labute approximate surface area is 139 Å². The first-order chi connectivity index (χ1) is 10.8. The number of aliphatic hydroxyl groups is 2. The lowest BCUT2D eigenvalue weighted by Crippen LogP contribution is -2.62. The summed E-state index contributed by atoms with van der Waals surface area (Å²) in [4.78, 5) is 0. The van der Waals surface area contributed by atoms with Crippen LogP contribution in [0.25, 0.3) is 0 Å². The largest absolute Gasteiger partial charge is 0.396 e. The highest BCUT2D eigenvalue weighted by atomic mass is 16.6. The number of hydrogen-bond acceptors (Lipinski definition) is 3. The Kier molecular flexibility index (Phi) is 2.74. The molecule has 5 rings (SSSR count). The second kappa shape index (κ2) is 4.16. The van der Waals surface area contributed by atoms with Gasteiger partial charge in [0.25, 0.3) is 0 Å². The van der Waals surface area contributed by atoms with Gasteiger partial charge in [-0.15, -0.1) is 0 Å². The van der Waals surface area contributed by atoms with E-state index >= 15 is 0 Å². The van der Waals surface area contributed by atoms with Gasteiger partial charge in [-0.1, -0.05) is 13.8 Å². The van der Waals surface area contributed by atoms with E-state index in [-0.39, 0.29) is 29.1 Å². The van der Waals surface area contributed by atoms with E-state index in [1.165, 1.54) is 32.1 Å². The van der Waals surface area contributed by atoms with Crippen molar-refractivity contribution < 1.29 is 14.9 Å². The highest BCUT2D eigenvalue weighted by Crippen LogP contribution is 2.78. The van der Waals surface area contributed by atoms with Crippen molar-refractivity contribution in [3.05, 3.63) is 0 Å². The number of hydrogen-bond donors (Lipinski definition) is 2. The first-order valence-electron chi connectivity index (χ1n) is 9.77. The van der Waals surface area contributed by atoms with E-state index in [2.05, 4.69) is 20.8 Å². The van der Waals surface area contributed by atoms with Gasteiger partial charge in [-0.3, -0.25) is 0 Å². The molecule has 0 aromatic carbocycles. The van der Waals surface area contributed by atoms with Crippen LogP contribution in [0.1, 0.15) is 65.7 Å². The summed E-state index contributed by atoms with van der Waals surface area (Å²) in [6.45, 7) is 7.12. The number of epoxide rings is 1. The van der Waals surface area contributed by atoms with Gasteiger partial charge in [-0.25, -0.2) is 0 Å². The normalized spacial score (nSPS) is 66.4. The monoisotopic (exact) mass is 320 g/mol. The maximum atomic E-state index is 10.7. The molecule has 5 aliphatic rings. The van der Waals surface area contributed by atoms with Gasteiger partial charge in [0, 0.05) is 5.41 Å². The predicted molar refractivity (Wildman–Crippen MR) is 87.8 cm³/mol. The minimum Gasteiger partial charge on any atom is -0.396 e. The Hall–Kier alpha value is -0.120. The van der Waals surface area contributed by atoms with Crippen molar-refractivity contribution in [1.29, 1.82) is 0 Å². The summed E-state index contributed by atoms with van der Waals surface area (Å²) in [6.07, 6.45) is 8.51. The molecule has 3 heteroatoms. The molecule has 130 valence electrons. The molecule has 23 heavy (non-hydrogen) atoms. The van der Waals surface area contributed by atoms with Crippen LogP contribution >= 0.6 is 0 Å². The molecule has 0 aromatic rings. The SMILES string of the molecule is C[C@@]12OC1CC13CC2CC1CCC1[C@](C)(CO)[C@H](O)CC[C@@]13C. The van der Waals surface area contributed by atoms with Gasteiger partial charge >= 0.3 is 0 Å². The van der Waals surface area contributed by atoms with Crippen LogP contribution in [0.4, 0.5) is 0 Å². The van der Waals surface area contributed by atoms with Gasteiger partial charge in [0.1, 0.15) is 0 Å². The minimum absolute atomic E-state index is 0.121. The van der Waals surface area contributed by atoms with Crippen LogP contribution in [-0.4, -0.2) is 34.6 Å². The molecular formula is C20H32O3. The summed E-state index contributed by atoms with van der Waals surface area (Å²) >= 11 is 0. The fourth-order valence-electron chi connectivity index (χ4n) is 8.21. The van der Waals surface area contributed by atoms with Crippen molar-refractivity contribution in [2.75, 3.05) is 6.61 Å². The maximum absolute atomic E-state index is 10.7. The third-order valence-electron chi connectivity index (χ3n) is 9.85. The lowest BCUT2D eigenvalue weighted by Gasteiger charge is -2.66. The zero-order valence-electron chi connectivity index (χ0n) is 14.8. The first kappa shape index (κ1) is 15.2. The van der Waals surface area contributed by atoms with E-state index in [1.807, 2.05) is 0 Å². The van der Waals surface area contributed by atoms with Gasteiger partial charge < -0.3 is 14.9 Å². The molecule has 4 aliphatic carbocycles. The van der Waals surface area contributed by atoms with Crippen molar-refractivity contribution in [3.63, 3.8) is 0 Å². The molecule has 5 unspecified atom stereocenters. The molecule has 1 spiro atoms. The van der Waals surface area contributed by atoms with Crippen molar-refractivity contribution in [3.8, 4) is 0 Å². The van der Waals surface area contributed by atoms with Crippen molar-refractivity contribution in [1.82, 2.24) is 0 Å². The quantitative estimate of drug-likeness (QED) is 0.730. The van der Waals surface area contributed by atoms with Gasteiger partial charge in [-0.2, -0.15) is 0 Å². The van der Waals surface area contributed by atoms with E-state index < -0.39 is 0 Å². The van der Waals surface area contributed by atoms with Crippen LogP contribution in [0.15, 0.2) is 0 Å². The summed E-state index contributed by atoms with van der Waals surface area (Å²) in [5.74, 6) is 2.04. The third-order valence-corrected chi connectivity index (χ3v) is 9.85. The molecule has 0 amide bonds. The fourth-order valence-corrected chi connectivity index (χ4v) is 8.21. The summed E-state index contributed by atoms with van der Waals surface area (Å²) in [6, 6.07) is 0. The van der Waals surface area contributed by atoms with Crippen molar-refractivity contribution >= 4 is 0 Å². The van der Waals surface area contributed by atoms with E-state index in [0.29, 0.717) is 17.4 Å². The van der Waals surface area contributed by atoms with Crippen LogP contribution in [0.3, 0.4) is 0 Å². The smallest absolute Gasteiger partial charge is 0.0948 e. The average Bonchev–Trinajstić information content (AvgIpc) is 3.05. The van der Waals surface area contributed by atoms with Gasteiger partial charge in [-0.05, 0) is 80.5 Å². The standard InChI is InChI=1S/C20H32O3/c1-17(11-21)14-5-4-12-8-13-9-20(12,10-16-19(13,3)23-16)18(14,2)7-6-15(17)22/h12-16,21-22H,4-11H2,1-3H3/t12?,13?,14?,15-,16?,17+,18+,19+,20?/m1/s1. The molecule has 4 saturated carbocycles. The zero-order chi connectivity index (χ0) is 16.3.